The summed E-state index contributed by atoms with van der Waals surface area (Å²) in [6, 6.07) is 3.20. The maximum atomic E-state index is 12.5. The van der Waals surface area contributed by atoms with E-state index >= 15 is 0 Å². The Labute approximate surface area is 88.3 Å². The summed E-state index contributed by atoms with van der Waals surface area (Å²) in [4.78, 5) is 3.83. The predicted octanol–water partition coefficient (Wildman–Crippen LogP) is 3.37. The van der Waals surface area contributed by atoms with Crippen molar-refractivity contribution in [2.75, 3.05) is 0 Å². The van der Waals surface area contributed by atoms with Crippen LogP contribution >= 0.6 is 0 Å². The molecule has 0 spiro atoms. The summed E-state index contributed by atoms with van der Waals surface area (Å²) in [5.74, 6) is -0.0597. The van der Waals surface area contributed by atoms with Gasteiger partial charge in [-0.25, -0.2) is 4.98 Å². The maximum absolute atomic E-state index is 12.5. The van der Waals surface area contributed by atoms with Crippen LogP contribution in [-0.2, 0) is 5.41 Å². The van der Waals surface area contributed by atoms with Crippen LogP contribution < -0.4 is 4.74 Å². The molecule has 1 heterocycles. The van der Waals surface area contributed by atoms with Crippen LogP contribution in [0.25, 0.3) is 0 Å². The van der Waals surface area contributed by atoms with Gasteiger partial charge in [-0.15, -0.1) is 0 Å². The van der Waals surface area contributed by atoms with E-state index in [0.29, 0.717) is 6.92 Å². The summed E-state index contributed by atoms with van der Waals surface area (Å²) >= 11 is 0. The van der Waals surface area contributed by atoms with E-state index in [1.165, 1.54) is 6.07 Å². The number of hydrogen-bond donors (Lipinski definition) is 0. The molecular weight excluding hydrogens is 200 g/mol. The Morgan fingerprint density at radius 2 is 1.73 bits per heavy atom. The first kappa shape index (κ1) is 11.9. The number of aromatic nitrogens is 1. The van der Waals surface area contributed by atoms with Crippen molar-refractivity contribution in [3.8, 4) is 5.88 Å². The van der Waals surface area contributed by atoms with E-state index in [-0.39, 0.29) is 11.3 Å². The third kappa shape index (κ3) is 3.81. The van der Waals surface area contributed by atoms with Crippen LogP contribution in [0.2, 0.25) is 0 Å². The second-order valence-corrected chi connectivity index (χ2v) is 4.54. The monoisotopic (exact) mass is 215 g/mol. The van der Waals surface area contributed by atoms with Gasteiger partial charge in [0.2, 0.25) is 5.88 Å². The molecule has 0 aliphatic carbocycles. The third-order valence-electron chi connectivity index (χ3n) is 1.89. The van der Waals surface area contributed by atoms with Crippen LogP contribution in [0.5, 0.6) is 5.88 Å². The summed E-state index contributed by atoms with van der Waals surface area (Å²) in [5.41, 5.74) is 0.939. The molecule has 1 aromatic heterocycles. The van der Waals surface area contributed by atoms with Crippen molar-refractivity contribution in [1.29, 1.82) is 0 Å². The van der Waals surface area contributed by atoms with Crippen molar-refractivity contribution >= 4 is 0 Å². The number of pyridine rings is 1. The highest BCUT2D eigenvalue weighted by molar-refractivity contribution is 5.23. The number of rotatable bonds is 2. The summed E-state index contributed by atoms with van der Waals surface area (Å²) in [6.07, 6.45) is -1.63. The smallest absolute Gasteiger partial charge is 0.396 e. The molecule has 0 saturated carbocycles. The van der Waals surface area contributed by atoms with Crippen LogP contribution in [0.1, 0.15) is 33.3 Å². The number of hydrogen-bond acceptors (Lipinski definition) is 2. The summed E-state index contributed by atoms with van der Waals surface area (Å²) in [5, 5.41) is 0. The molecule has 0 aliphatic rings. The summed E-state index contributed by atoms with van der Waals surface area (Å²) < 4.78 is 29.3. The first-order valence-corrected chi connectivity index (χ1v) is 4.72. The molecule has 2 nitrogen and oxygen atoms in total. The van der Waals surface area contributed by atoms with Crippen LogP contribution in [-0.4, -0.2) is 11.1 Å². The Kier molecular flexibility index (Phi) is 2.98. The Morgan fingerprint density at radius 1 is 1.13 bits per heavy atom. The van der Waals surface area contributed by atoms with Gasteiger partial charge in [0.1, 0.15) is 0 Å². The fourth-order valence-corrected chi connectivity index (χ4v) is 1.07. The molecule has 0 bridgehead atoms. The fourth-order valence-electron chi connectivity index (χ4n) is 1.07. The zero-order chi connectivity index (χ0) is 11.7. The number of halogens is 2. The molecule has 4 heteroatoms. The van der Waals surface area contributed by atoms with Gasteiger partial charge in [0.25, 0.3) is 0 Å². The van der Waals surface area contributed by atoms with E-state index in [0.717, 1.165) is 5.56 Å². The standard InChI is InChI=1S/C11H15F2NO/c1-10(2,3)8-5-6-9(14-7-8)15-11(4,12)13/h5-7H,1-4H3. The summed E-state index contributed by atoms with van der Waals surface area (Å²) in [7, 11) is 0. The topological polar surface area (TPSA) is 22.1 Å². The van der Waals surface area contributed by atoms with E-state index in [2.05, 4.69) is 9.72 Å². The second kappa shape index (κ2) is 3.76. The molecule has 0 unspecified atom stereocenters. The predicted molar refractivity (Wildman–Crippen MR) is 54.2 cm³/mol. The number of nitrogens with zero attached hydrogens (tertiary/aromatic N) is 1. The average Bonchev–Trinajstić information content (AvgIpc) is 2.00. The van der Waals surface area contributed by atoms with Gasteiger partial charge in [0.15, 0.2) is 0 Å². The molecule has 0 N–H and O–H groups in total. The largest absolute Gasteiger partial charge is 0.415 e. The minimum absolute atomic E-state index is 0.0414. The van der Waals surface area contributed by atoms with Gasteiger partial charge >= 0.3 is 6.11 Å². The first-order chi connectivity index (χ1) is 6.68. The lowest BCUT2D eigenvalue weighted by atomic mass is 9.88. The fraction of sp³-hybridized carbons (Fsp3) is 0.545. The first-order valence-electron chi connectivity index (χ1n) is 4.72. The molecule has 0 saturated heterocycles. The van der Waals surface area contributed by atoms with E-state index in [1.54, 1.807) is 12.3 Å². The molecule has 0 aromatic carbocycles. The molecular formula is C11H15F2NO. The minimum atomic E-state index is -3.18. The number of ether oxygens (including phenoxy) is 1. The third-order valence-corrected chi connectivity index (χ3v) is 1.89. The Hall–Kier alpha value is -1.19. The van der Waals surface area contributed by atoms with Crippen molar-refractivity contribution in [1.82, 2.24) is 4.98 Å². The molecule has 15 heavy (non-hydrogen) atoms. The maximum Gasteiger partial charge on any atom is 0.396 e. The van der Waals surface area contributed by atoms with Crippen LogP contribution in [0, 0.1) is 0 Å². The lowest BCUT2D eigenvalue weighted by Gasteiger charge is -2.19. The average molecular weight is 215 g/mol. The van der Waals surface area contributed by atoms with Gasteiger partial charge in [-0.3, -0.25) is 0 Å². The SMILES string of the molecule is CC(F)(F)Oc1ccc(C(C)(C)C)cn1. The Balaban J connectivity index is 2.82. The zero-order valence-corrected chi connectivity index (χ0v) is 9.34. The molecule has 0 aliphatic heterocycles. The minimum Gasteiger partial charge on any atom is -0.415 e. The Bertz CT molecular complexity index is 322. The Morgan fingerprint density at radius 3 is 2.07 bits per heavy atom. The molecule has 1 aromatic rings. The second-order valence-electron chi connectivity index (χ2n) is 4.54. The quantitative estimate of drug-likeness (QED) is 0.754. The van der Waals surface area contributed by atoms with Gasteiger partial charge in [0.05, 0.1) is 0 Å². The van der Waals surface area contributed by atoms with Crippen molar-refractivity contribution in [3.05, 3.63) is 23.9 Å². The van der Waals surface area contributed by atoms with E-state index in [9.17, 15) is 8.78 Å². The molecule has 0 atom stereocenters. The van der Waals surface area contributed by atoms with Crippen molar-refractivity contribution in [3.63, 3.8) is 0 Å². The van der Waals surface area contributed by atoms with Crippen molar-refractivity contribution in [2.45, 2.75) is 39.2 Å². The van der Waals surface area contributed by atoms with Gasteiger partial charge < -0.3 is 4.74 Å². The highest BCUT2D eigenvalue weighted by Crippen LogP contribution is 2.24. The molecule has 0 radical (unpaired) electrons. The van der Waals surface area contributed by atoms with E-state index in [4.69, 9.17) is 0 Å². The van der Waals surface area contributed by atoms with Gasteiger partial charge in [0, 0.05) is 19.2 Å². The van der Waals surface area contributed by atoms with Crippen LogP contribution in [0.4, 0.5) is 8.78 Å². The van der Waals surface area contributed by atoms with Crippen LogP contribution in [0.15, 0.2) is 18.3 Å². The molecule has 0 amide bonds. The van der Waals surface area contributed by atoms with Gasteiger partial charge in [-0.05, 0) is 11.0 Å². The highest BCUT2D eigenvalue weighted by atomic mass is 19.3. The normalized spacial score (nSPS) is 12.7. The zero-order valence-electron chi connectivity index (χ0n) is 9.34. The highest BCUT2D eigenvalue weighted by Gasteiger charge is 2.24. The van der Waals surface area contributed by atoms with E-state index in [1.807, 2.05) is 20.8 Å². The number of alkyl halides is 2. The van der Waals surface area contributed by atoms with Crippen molar-refractivity contribution in [2.24, 2.45) is 0 Å². The van der Waals surface area contributed by atoms with Gasteiger partial charge in [-0.1, -0.05) is 26.8 Å². The summed E-state index contributed by atoms with van der Waals surface area (Å²) in [6.45, 7) is 6.77. The van der Waals surface area contributed by atoms with Gasteiger partial charge in [-0.2, -0.15) is 8.78 Å². The van der Waals surface area contributed by atoms with E-state index < -0.39 is 6.11 Å². The lowest BCUT2D eigenvalue weighted by Crippen LogP contribution is -2.20. The lowest BCUT2D eigenvalue weighted by molar-refractivity contribution is -0.161. The molecule has 84 valence electrons. The van der Waals surface area contributed by atoms with Crippen molar-refractivity contribution < 1.29 is 13.5 Å². The molecule has 0 fully saturated rings. The molecule has 1 rings (SSSR count). The van der Waals surface area contributed by atoms with Crippen LogP contribution in [0.3, 0.4) is 0 Å².